The molecular weight excluding hydrogens is 438 g/mol. The van der Waals surface area contributed by atoms with Crippen molar-refractivity contribution in [3.05, 3.63) is 61.7 Å². The van der Waals surface area contributed by atoms with E-state index in [1.807, 2.05) is 32.0 Å². The van der Waals surface area contributed by atoms with E-state index in [1.54, 1.807) is 24.3 Å². The van der Waals surface area contributed by atoms with Crippen LogP contribution in [-0.4, -0.2) is 5.11 Å². The lowest BCUT2D eigenvalue weighted by molar-refractivity contribution is 0.475. The molecule has 17 heavy (non-hydrogen) atoms. The van der Waals surface area contributed by atoms with Crippen LogP contribution in [0, 0.1) is 7.14 Å². The molecule has 1 N–H and O–H groups in total. The lowest BCUT2D eigenvalue weighted by Crippen LogP contribution is -1.73. The molecule has 3 heteroatoms. The van der Waals surface area contributed by atoms with E-state index in [0.717, 1.165) is 0 Å². The molecule has 2 aromatic rings. The Morgan fingerprint density at radius 2 is 1.06 bits per heavy atom. The molecule has 0 spiro atoms. The lowest BCUT2D eigenvalue weighted by Gasteiger charge is -1.89. The van der Waals surface area contributed by atoms with E-state index in [0.29, 0.717) is 5.75 Å². The van der Waals surface area contributed by atoms with E-state index >= 15 is 0 Å². The van der Waals surface area contributed by atoms with Crippen LogP contribution in [0.5, 0.6) is 5.75 Å². The van der Waals surface area contributed by atoms with E-state index in [2.05, 4.69) is 57.3 Å². The number of halogens is 2. The first kappa shape index (κ1) is 16.7. The predicted molar refractivity (Wildman–Crippen MR) is 91.3 cm³/mol. The number of phenols is 1. The third-order valence-corrected chi connectivity index (χ3v) is 4.49. The molecule has 92 valence electrons. The highest BCUT2D eigenvalue weighted by Crippen LogP contribution is 2.12. The van der Waals surface area contributed by atoms with Gasteiger partial charge in [-0.15, -0.1) is 0 Å². The van der Waals surface area contributed by atoms with Gasteiger partial charge in [-0.3, -0.25) is 0 Å². The summed E-state index contributed by atoms with van der Waals surface area (Å²) in [5.41, 5.74) is 0. The van der Waals surface area contributed by atoms with Crippen molar-refractivity contribution in [2.45, 2.75) is 13.8 Å². The number of benzene rings is 2. The molecule has 0 aromatic heterocycles. The van der Waals surface area contributed by atoms with E-state index in [1.165, 1.54) is 7.14 Å². The average molecular weight is 454 g/mol. The number of para-hydroxylation sites is 1. The second-order valence-corrected chi connectivity index (χ2v) is 5.07. The van der Waals surface area contributed by atoms with Gasteiger partial charge in [0.15, 0.2) is 0 Å². The predicted octanol–water partition coefficient (Wildman–Crippen LogP) is 5.31. The highest BCUT2D eigenvalue weighted by molar-refractivity contribution is 14.1. The fraction of sp³-hybridized carbons (Fsp3) is 0.143. The van der Waals surface area contributed by atoms with Gasteiger partial charge in [-0.05, 0) is 69.4 Å². The molecule has 1 nitrogen and oxygen atoms in total. The highest BCUT2D eigenvalue weighted by Gasteiger charge is 1.87. The van der Waals surface area contributed by atoms with E-state index in [4.69, 9.17) is 5.11 Å². The molecule has 0 aliphatic rings. The third-order valence-electron chi connectivity index (χ3n) is 1.58. The van der Waals surface area contributed by atoms with E-state index in [9.17, 15) is 0 Å². The maximum absolute atomic E-state index is 8.63. The summed E-state index contributed by atoms with van der Waals surface area (Å²) < 4.78 is 2.65. The van der Waals surface area contributed by atoms with Crippen molar-refractivity contribution in [3.63, 3.8) is 0 Å². The summed E-state index contributed by atoms with van der Waals surface area (Å²) in [6.45, 7) is 4.00. The molecule has 0 aliphatic heterocycles. The molecular formula is C14H16I2O. The molecule has 0 amide bonds. The number of rotatable bonds is 0. The second-order valence-electron chi connectivity index (χ2n) is 2.75. The Labute approximate surface area is 131 Å². The van der Waals surface area contributed by atoms with Crippen molar-refractivity contribution in [2.75, 3.05) is 0 Å². The summed E-state index contributed by atoms with van der Waals surface area (Å²) in [5, 5.41) is 8.63. The van der Waals surface area contributed by atoms with Gasteiger partial charge in [0.1, 0.15) is 5.75 Å². The summed E-state index contributed by atoms with van der Waals surface area (Å²) in [7, 11) is 0. The topological polar surface area (TPSA) is 20.2 Å². The number of phenolic OH excluding ortho intramolecular Hbond substituents is 1. The molecule has 0 bridgehead atoms. The SMILES string of the molecule is CC.Ic1ccccc1I.Oc1ccccc1. The van der Waals surface area contributed by atoms with Gasteiger partial charge in [0, 0.05) is 7.14 Å². The first-order valence-corrected chi connectivity index (χ1v) is 7.50. The Balaban J connectivity index is 0.000000265. The van der Waals surface area contributed by atoms with Crippen LogP contribution in [0.25, 0.3) is 0 Å². The Morgan fingerprint density at radius 1 is 0.706 bits per heavy atom. The van der Waals surface area contributed by atoms with Gasteiger partial charge in [0.25, 0.3) is 0 Å². The highest BCUT2D eigenvalue weighted by atomic mass is 127. The third kappa shape index (κ3) is 8.43. The summed E-state index contributed by atoms with van der Waals surface area (Å²) in [4.78, 5) is 0. The maximum atomic E-state index is 8.63. The van der Waals surface area contributed by atoms with Gasteiger partial charge in [-0.25, -0.2) is 0 Å². The molecule has 0 aliphatic carbocycles. The van der Waals surface area contributed by atoms with Crippen LogP contribution in [0.15, 0.2) is 54.6 Å². The van der Waals surface area contributed by atoms with Gasteiger partial charge in [0.05, 0.1) is 0 Å². The largest absolute Gasteiger partial charge is 0.508 e. The van der Waals surface area contributed by atoms with Crippen molar-refractivity contribution in [1.29, 1.82) is 0 Å². The normalized spacial score (nSPS) is 8.24. The van der Waals surface area contributed by atoms with Gasteiger partial charge in [0.2, 0.25) is 0 Å². The molecule has 0 unspecified atom stereocenters. The monoisotopic (exact) mass is 454 g/mol. The van der Waals surface area contributed by atoms with Gasteiger partial charge < -0.3 is 5.11 Å². The van der Waals surface area contributed by atoms with Crippen LogP contribution in [0.4, 0.5) is 0 Å². The summed E-state index contributed by atoms with van der Waals surface area (Å²) >= 11 is 4.63. The van der Waals surface area contributed by atoms with Crippen LogP contribution in [0.2, 0.25) is 0 Å². The fourth-order valence-electron chi connectivity index (χ4n) is 0.867. The summed E-state index contributed by atoms with van der Waals surface area (Å²) in [5.74, 6) is 0.322. The zero-order chi connectivity index (χ0) is 13.1. The van der Waals surface area contributed by atoms with Crippen LogP contribution in [0.1, 0.15) is 13.8 Å². The van der Waals surface area contributed by atoms with E-state index < -0.39 is 0 Å². The Bertz CT molecular complexity index is 381. The molecule has 2 rings (SSSR count). The number of hydrogen-bond acceptors (Lipinski definition) is 1. The molecule has 2 aromatic carbocycles. The van der Waals surface area contributed by atoms with Crippen molar-refractivity contribution >= 4 is 45.2 Å². The van der Waals surface area contributed by atoms with Gasteiger partial charge >= 0.3 is 0 Å². The Hall–Kier alpha value is -0.300. The minimum absolute atomic E-state index is 0.322. The molecule has 0 radical (unpaired) electrons. The van der Waals surface area contributed by atoms with Crippen LogP contribution in [-0.2, 0) is 0 Å². The average Bonchev–Trinajstić information content (AvgIpc) is 2.37. The van der Waals surface area contributed by atoms with Crippen LogP contribution < -0.4 is 0 Å². The van der Waals surface area contributed by atoms with Gasteiger partial charge in [-0.2, -0.15) is 0 Å². The number of aromatic hydroxyl groups is 1. The molecule has 0 fully saturated rings. The standard InChI is InChI=1S/C6H4I2.C6H6O.C2H6/c7-5-3-1-2-4-6(5)8;7-6-4-2-1-3-5-6;1-2/h1-4H;1-5,7H;1-2H3. The van der Waals surface area contributed by atoms with Crippen molar-refractivity contribution in [3.8, 4) is 5.75 Å². The first-order valence-electron chi connectivity index (χ1n) is 5.34. The molecule has 0 saturated carbocycles. The lowest BCUT2D eigenvalue weighted by atomic mass is 10.3. The molecule has 0 saturated heterocycles. The van der Waals surface area contributed by atoms with Crippen molar-refractivity contribution in [1.82, 2.24) is 0 Å². The zero-order valence-corrected chi connectivity index (χ0v) is 14.2. The molecule has 0 atom stereocenters. The minimum atomic E-state index is 0.322. The minimum Gasteiger partial charge on any atom is -0.508 e. The smallest absolute Gasteiger partial charge is 0.115 e. The number of hydrogen-bond donors (Lipinski definition) is 1. The maximum Gasteiger partial charge on any atom is 0.115 e. The zero-order valence-electron chi connectivity index (χ0n) is 9.90. The first-order chi connectivity index (χ1) is 8.20. The van der Waals surface area contributed by atoms with Crippen LogP contribution >= 0.6 is 45.2 Å². The van der Waals surface area contributed by atoms with E-state index in [-0.39, 0.29) is 0 Å². The van der Waals surface area contributed by atoms with Gasteiger partial charge in [-0.1, -0.05) is 44.2 Å². The summed E-state index contributed by atoms with van der Waals surface area (Å²) in [6.07, 6.45) is 0. The van der Waals surface area contributed by atoms with Crippen LogP contribution in [0.3, 0.4) is 0 Å². The second kappa shape index (κ2) is 10.8. The van der Waals surface area contributed by atoms with Crippen molar-refractivity contribution in [2.24, 2.45) is 0 Å². The Morgan fingerprint density at radius 3 is 1.29 bits per heavy atom. The molecule has 0 heterocycles. The van der Waals surface area contributed by atoms with Crippen molar-refractivity contribution < 1.29 is 5.11 Å². The quantitative estimate of drug-likeness (QED) is 0.535. The fourth-order valence-corrected chi connectivity index (χ4v) is 1.64. The summed E-state index contributed by atoms with van der Waals surface area (Å²) in [6, 6.07) is 17.0. The Kier molecular flexibility index (Phi) is 10.6.